The zero-order valence-corrected chi connectivity index (χ0v) is 12.3. The van der Waals surface area contributed by atoms with Crippen LogP contribution in [0.4, 0.5) is 4.39 Å². The van der Waals surface area contributed by atoms with Crippen molar-refractivity contribution in [2.75, 3.05) is 6.54 Å². The van der Waals surface area contributed by atoms with Crippen molar-refractivity contribution in [1.29, 1.82) is 0 Å². The lowest BCUT2D eigenvalue weighted by atomic mass is 10.2. The molecule has 1 heterocycles. The van der Waals surface area contributed by atoms with Crippen LogP contribution < -0.4 is 5.32 Å². The number of aromatic amines is 1. The summed E-state index contributed by atoms with van der Waals surface area (Å²) < 4.78 is 13.9. The summed E-state index contributed by atoms with van der Waals surface area (Å²) in [5.41, 5.74) is 1.27. The van der Waals surface area contributed by atoms with Gasteiger partial charge in [-0.15, -0.1) is 0 Å². The van der Waals surface area contributed by atoms with Gasteiger partial charge in [0, 0.05) is 17.4 Å². The van der Waals surface area contributed by atoms with Crippen LogP contribution in [-0.2, 0) is 0 Å². The molecule has 0 aliphatic carbocycles. The molecule has 0 aliphatic rings. The maximum atomic E-state index is 13.2. The molecule has 0 saturated heterocycles. The number of amides is 1. The van der Waals surface area contributed by atoms with Crippen LogP contribution in [0.15, 0.2) is 18.2 Å². The molecule has 0 fully saturated rings. The van der Waals surface area contributed by atoms with E-state index in [9.17, 15) is 9.18 Å². The molecule has 0 spiro atoms. The number of carbonyl (C=O) groups excluding carboxylic acids is 1. The second-order valence-corrected chi connectivity index (χ2v) is 5.69. The number of fused-ring (bicyclic) bond motifs is 1. The number of rotatable bonds is 3. The van der Waals surface area contributed by atoms with Gasteiger partial charge in [0.05, 0.1) is 3.57 Å². The molecule has 18 heavy (non-hydrogen) atoms. The summed E-state index contributed by atoms with van der Waals surface area (Å²) in [6.07, 6.45) is 0. The SMILES string of the molecule is CC(C)CNC(=O)c1[nH]c2ccc(F)cc2c1I. The normalized spacial score (nSPS) is 11.2. The molecule has 0 radical (unpaired) electrons. The average molecular weight is 360 g/mol. The number of H-pyrrole nitrogens is 1. The highest BCUT2D eigenvalue weighted by atomic mass is 127. The predicted octanol–water partition coefficient (Wildman–Crippen LogP) is 3.30. The van der Waals surface area contributed by atoms with E-state index in [1.54, 1.807) is 6.07 Å². The molecule has 1 aromatic carbocycles. The predicted molar refractivity (Wildman–Crippen MR) is 78.1 cm³/mol. The Kier molecular flexibility index (Phi) is 3.89. The molecular formula is C13H14FIN2O. The van der Waals surface area contributed by atoms with Crippen LogP contribution in [0.5, 0.6) is 0 Å². The number of hydrogen-bond donors (Lipinski definition) is 2. The van der Waals surface area contributed by atoms with E-state index in [-0.39, 0.29) is 11.7 Å². The fourth-order valence-electron chi connectivity index (χ4n) is 1.67. The van der Waals surface area contributed by atoms with Crippen LogP contribution in [0, 0.1) is 15.3 Å². The molecule has 96 valence electrons. The topological polar surface area (TPSA) is 44.9 Å². The van der Waals surface area contributed by atoms with Crippen LogP contribution in [0.3, 0.4) is 0 Å². The first-order valence-corrected chi connectivity index (χ1v) is 6.82. The zero-order valence-electron chi connectivity index (χ0n) is 10.2. The third kappa shape index (κ3) is 2.66. The van der Waals surface area contributed by atoms with E-state index in [1.165, 1.54) is 12.1 Å². The van der Waals surface area contributed by atoms with Crippen LogP contribution in [0.2, 0.25) is 0 Å². The third-order valence-electron chi connectivity index (χ3n) is 2.60. The molecule has 1 aromatic heterocycles. The lowest BCUT2D eigenvalue weighted by Gasteiger charge is -2.06. The molecule has 1 amide bonds. The quantitative estimate of drug-likeness (QED) is 0.811. The first kappa shape index (κ1) is 13.3. The minimum absolute atomic E-state index is 0.148. The van der Waals surface area contributed by atoms with Crippen LogP contribution in [0.25, 0.3) is 10.9 Å². The van der Waals surface area contributed by atoms with Gasteiger partial charge >= 0.3 is 0 Å². The molecule has 0 unspecified atom stereocenters. The molecule has 5 heteroatoms. The summed E-state index contributed by atoms with van der Waals surface area (Å²) in [5.74, 6) is -0.0494. The standard InChI is InChI=1S/C13H14FIN2O/c1-7(2)6-16-13(18)12-11(15)9-5-8(14)3-4-10(9)17-12/h3-5,7,17H,6H2,1-2H3,(H,16,18). The van der Waals surface area contributed by atoms with Gasteiger partial charge in [-0.1, -0.05) is 13.8 Å². The number of hydrogen-bond acceptors (Lipinski definition) is 1. The highest BCUT2D eigenvalue weighted by Gasteiger charge is 2.16. The van der Waals surface area contributed by atoms with E-state index >= 15 is 0 Å². The Balaban J connectivity index is 2.34. The van der Waals surface area contributed by atoms with Gasteiger partial charge in [-0.3, -0.25) is 4.79 Å². The van der Waals surface area contributed by atoms with Crippen molar-refractivity contribution in [1.82, 2.24) is 10.3 Å². The number of halogens is 2. The summed E-state index contributed by atoms with van der Waals surface area (Å²) in [5, 5.41) is 3.59. The molecule has 2 aromatic rings. The lowest BCUT2D eigenvalue weighted by Crippen LogP contribution is -2.28. The number of benzene rings is 1. The van der Waals surface area contributed by atoms with Gasteiger partial charge < -0.3 is 10.3 Å². The zero-order chi connectivity index (χ0) is 13.3. The van der Waals surface area contributed by atoms with E-state index in [0.29, 0.717) is 18.2 Å². The Hall–Kier alpha value is -1.11. The first-order chi connectivity index (χ1) is 8.49. The van der Waals surface area contributed by atoms with E-state index in [0.717, 1.165) is 14.5 Å². The van der Waals surface area contributed by atoms with Crippen molar-refractivity contribution in [2.24, 2.45) is 5.92 Å². The van der Waals surface area contributed by atoms with Gasteiger partial charge in [-0.05, 0) is 46.7 Å². The van der Waals surface area contributed by atoms with Crippen LogP contribution >= 0.6 is 22.6 Å². The fraction of sp³-hybridized carbons (Fsp3) is 0.308. The van der Waals surface area contributed by atoms with Gasteiger partial charge in [-0.2, -0.15) is 0 Å². The van der Waals surface area contributed by atoms with E-state index in [4.69, 9.17) is 0 Å². The molecule has 2 N–H and O–H groups in total. The highest BCUT2D eigenvalue weighted by Crippen LogP contribution is 2.24. The van der Waals surface area contributed by atoms with Crippen LogP contribution in [0.1, 0.15) is 24.3 Å². The van der Waals surface area contributed by atoms with Crippen molar-refractivity contribution in [2.45, 2.75) is 13.8 Å². The first-order valence-electron chi connectivity index (χ1n) is 5.74. The maximum Gasteiger partial charge on any atom is 0.268 e. The molecule has 0 bridgehead atoms. The van der Waals surface area contributed by atoms with Crippen molar-refractivity contribution in [3.8, 4) is 0 Å². The Morgan fingerprint density at radius 1 is 1.50 bits per heavy atom. The van der Waals surface area contributed by atoms with E-state index < -0.39 is 0 Å². The van der Waals surface area contributed by atoms with E-state index in [1.807, 2.05) is 13.8 Å². The second kappa shape index (κ2) is 5.26. The largest absolute Gasteiger partial charge is 0.350 e. The Morgan fingerprint density at radius 3 is 2.89 bits per heavy atom. The second-order valence-electron chi connectivity index (χ2n) is 4.61. The summed E-state index contributed by atoms with van der Waals surface area (Å²) in [4.78, 5) is 15.0. The molecule has 2 rings (SSSR count). The van der Waals surface area contributed by atoms with Gasteiger partial charge in [0.1, 0.15) is 11.5 Å². The Bertz CT molecular complexity index is 592. The Labute approximate surface area is 118 Å². The van der Waals surface area contributed by atoms with Crippen molar-refractivity contribution in [3.63, 3.8) is 0 Å². The molecule has 3 nitrogen and oxygen atoms in total. The monoisotopic (exact) mass is 360 g/mol. The summed E-state index contributed by atoms with van der Waals surface area (Å²) in [6.45, 7) is 4.69. The minimum Gasteiger partial charge on any atom is -0.350 e. The number of carbonyl (C=O) groups is 1. The molecular weight excluding hydrogens is 346 g/mol. The third-order valence-corrected chi connectivity index (χ3v) is 3.72. The summed E-state index contributed by atoms with van der Waals surface area (Å²) in [6, 6.07) is 4.46. The van der Waals surface area contributed by atoms with Gasteiger partial charge in [0.2, 0.25) is 0 Å². The maximum absolute atomic E-state index is 13.2. The minimum atomic E-state index is -0.298. The summed E-state index contributed by atoms with van der Waals surface area (Å²) >= 11 is 2.06. The molecule has 0 aliphatic heterocycles. The van der Waals surface area contributed by atoms with Gasteiger partial charge in [0.25, 0.3) is 5.91 Å². The Morgan fingerprint density at radius 2 is 2.22 bits per heavy atom. The average Bonchev–Trinajstić information content (AvgIpc) is 2.64. The summed E-state index contributed by atoms with van der Waals surface area (Å²) in [7, 11) is 0. The number of aromatic nitrogens is 1. The fourth-order valence-corrected chi connectivity index (χ4v) is 2.50. The van der Waals surface area contributed by atoms with Crippen molar-refractivity contribution in [3.05, 3.63) is 33.3 Å². The van der Waals surface area contributed by atoms with Crippen molar-refractivity contribution < 1.29 is 9.18 Å². The highest BCUT2D eigenvalue weighted by molar-refractivity contribution is 14.1. The van der Waals surface area contributed by atoms with Gasteiger partial charge in [-0.25, -0.2) is 4.39 Å². The van der Waals surface area contributed by atoms with Gasteiger partial charge in [0.15, 0.2) is 0 Å². The van der Waals surface area contributed by atoms with Crippen LogP contribution in [-0.4, -0.2) is 17.4 Å². The lowest BCUT2D eigenvalue weighted by molar-refractivity contribution is 0.0944. The number of nitrogens with one attached hydrogen (secondary N) is 2. The smallest absolute Gasteiger partial charge is 0.268 e. The van der Waals surface area contributed by atoms with Crippen molar-refractivity contribution >= 4 is 39.4 Å². The molecule has 0 atom stereocenters. The molecule has 0 saturated carbocycles. The van der Waals surface area contributed by atoms with E-state index in [2.05, 4.69) is 32.9 Å².